The highest BCUT2D eigenvalue weighted by Gasteiger charge is 2.38. The van der Waals surface area contributed by atoms with E-state index in [0.29, 0.717) is 26.9 Å². The molecule has 3 N–H and O–H groups in total. The number of halogens is 2. The van der Waals surface area contributed by atoms with Gasteiger partial charge in [-0.3, -0.25) is 14.4 Å². The van der Waals surface area contributed by atoms with Crippen molar-refractivity contribution < 1.29 is 24.2 Å². The van der Waals surface area contributed by atoms with E-state index in [1.807, 2.05) is 32.0 Å². The molecule has 0 fully saturated rings. The molecule has 1 aliphatic heterocycles. The van der Waals surface area contributed by atoms with E-state index < -0.39 is 24.1 Å². The molecule has 2 amide bonds. The molecule has 0 saturated carbocycles. The number of anilines is 1. The second kappa shape index (κ2) is 10.6. The molecule has 31 heavy (non-hydrogen) atoms. The van der Waals surface area contributed by atoms with E-state index in [1.165, 1.54) is 0 Å². The number of nitrogens with two attached hydrogens (primary N) is 1. The zero-order chi connectivity index (χ0) is 23.3. The Morgan fingerprint density at radius 3 is 2.32 bits per heavy atom. The first-order valence-corrected chi connectivity index (χ1v) is 10.3. The summed E-state index contributed by atoms with van der Waals surface area (Å²) in [6, 6.07) is 12.4. The minimum atomic E-state index is -1.02. The molecule has 1 heterocycles. The Bertz CT molecular complexity index is 976. The van der Waals surface area contributed by atoms with Crippen molar-refractivity contribution in [3.63, 3.8) is 0 Å². The summed E-state index contributed by atoms with van der Waals surface area (Å²) in [7, 11) is 0. The summed E-state index contributed by atoms with van der Waals surface area (Å²) in [6.45, 7) is 4.88. The molecule has 3 rings (SSSR count). The van der Waals surface area contributed by atoms with Crippen LogP contribution in [-0.4, -0.2) is 35.0 Å². The average molecular weight is 467 g/mol. The van der Waals surface area contributed by atoms with Crippen LogP contribution in [0, 0.1) is 0 Å². The van der Waals surface area contributed by atoms with Crippen LogP contribution in [0.25, 0.3) is 0 Å². The van der Waals surface area contributed by atoms with Gasteiger partial charge < -0.3 is 20.5 Å². The van der Waals surface area contributed by atoms with Crippen LogP contribution in [-0.2, 0) is 19.1 Å². The van der Waals surface area contributed by atoms with E-state index in [4.69, 9.17) is 43.6 Å². The molecule has 0 saturated heterocycles. The van der Waals surface area contributed by atoms with Gasteiger partial charge in [-0.15, -0.1) is 0 Å². The largest absolute Gasteiger partial charge is 0.481 e. The molecular formula is C22H24Cl2N2O5. The van der Waals surface area contributed by atoms with Crippen molar-refractivity contribution >= 4 is 46.7 Å². The summed E-state index contributed by atoms with van der Waals surface area (Å²) >= 11 is 12.6. The first kappa shape index (κ1) is 24.7. The van der Waals surface area contributed by atoms with Crippen molar-refractivity contribution in [2.45, 2.75) is 45.4 Å². The van der Waals surface area contributed by atoms with Crippen molar-refractivity contribution in [2.24, 2.45) is 5.73 Å². The quantitative estimate of drug-likeness (QED) is 0.701. The predicted octanol–water partition coefficient (Wildman–Crippen LogP) is 4.19. The normalized spacial score (nSPS) is 18.0. The highest BCUT2D eigenvalue weighted by Crippen LogP contribution is 2.42. The number of carboxylic acid groups (broad SMARTS) is 1. The van der Waals surface area contributed by atoms with Crippen LogP contribution in [0.5, 0.6) is 0 Å². The maximum atomic E-state index is 13.2. The van der Waals surface area contributed by atoms with Crippen molar-refractivity contribution in [3.05, 3.63) is 63.6 Å². The number of hydrogen-bond acceptors (Lipinski definition) is 4. The van der Waals surface area contributed by atoms with Gasteiger partial charge in [-0.1, -0.05) is 41.4 Å². The lowest BCUT2D eigenvalue weighted by Gasteiger charge is -2.28. The van der Waals surface area contributed by atoms with Gasteiger partial charge in [-0.05, 0) is 38.1 Å². The lowest BCUT2D eigenvalue weighted by Crippen LogP contribution is -2.44. The number of fused-ring (bicyclic) bond motifs is 1. The smallest absolute Gasteiger partial charge is 0.300 e. The Kier molecular flexibility index (Phi) is 8.44. The van der Waals surface area contributed by atoms with Gasteiger partial charge in [-0.2, -0.15) is 0 Å². The molecule has 9 heteroatoms. The maximum absolute atomic E-state index is 13.2. The summed E-state index contributed by atoms with van der Waals surface area (Å²) in [5.74, 6) is -1.76. The molecule has 166 valence electrons. The van der Waals surface area contributed by atoms with Crippen LogP contribution in [0.3, 0.4) is 0 Å². The van der Waals surface area contributed by atoms with E-state index in [0.717, 1.165) is 6.92 Å². The molecule has 0 radical (unpaired) electrons. The number of primary amides is 1. The van der Waals surface area contributed by atoms with Gasteiger partial charge in [0.25, 0.3) is 11.9 Å². The van der Waals surface area contributed by atoms with Crippen molar-refractivity contribution in [1.82, 2.24) is 0 Å². The third-order valence-electron chi connectivity index (χ3n) is 4.44. The van der Waals surface area contributed by atoms with E-state index in [9.17, 15) is 9.59 Å². The minimum absolute atomic E-state index is 0.151. The lowest BCUT2D eigenvalue weighted by molar-refractivity contribution is -0.137. The lowest BCUT2D eigenvalue weighted by atomic mass is 9.99. The van der Waals surface area contributed by atoms with Gasteiger partial charge in [0, 0.05) is 34.1 Å². The second-order valence-electron chi connectivity index (χ2n) is 7.22. The maximum Gasteiger partial charge on any atom is 0.300 e. The summed E-state index contributed by atoms with van der Waals surface area (Å²) in [5, 5.41) is 8.43. The van der Waals surface area contributed by atoms with Crippen LogP contribution in [0.4, 0.5) is 5.69 Å². The number of hydrogen-bond donors (Lipinski definition) is 2. The van der Waals surface area contributed by atoms with Crippen LogP contribution < -0.4 is 10.6 Å². The number of carbonyl (C=O) groups excluding carboxylic acids is 2. The number of carboxylic acids is 1. The van der Waals surface area contributed by atoms with Crippen LogP contribution in [0.1, 0.15) is 44.4 Å². The third kappa shape index (κ3) is 6.19. The fourth-order valence-corrected chi connectivity index (χ4v) is 3.72. The van der Waals surface area contributed by atoms with Gasteiger partial charge in [0.15, 0.2) is 0 Å². The molecule has 2 unspecified atom stereocenters. The molecule has 2 atom stereocenters. The Morgan fingerprint density at radius 2 is 1.77 bits per heavy atom. The fraction of sp³-hybridized carbons (Fsp3) is 0.318. The Balaban J connectivity index is 0.000000785. The number of carbonyl (C=O) groups is 3. The van der Waals surface area contributed by atoms with Gasteiger partial charge in [0.2, 0.25) is 5.91 Å². The topological polar surface area (TPSA) is 110 Å². The van der Waals surface area contributed by atoms with Gasteiger partial charge in [0.1, 0.15) is 12.2 Å². The molecule has 0 spiro atoms. The van der Waals surface area contributed by atoms with Gasteiger partial charge >= 0.3 is 0 Å². The van der Waals surface area contributed by atoms with Crippen molar-refractivity contribution in [2.75, 3.05) is 4.90 Å². The van der Waals surface area contributed by atoms with Crippen LogP contribution in [0.15, 0.2) is 42.5 Å². The zero-order valence-corrected chi connectivity index (χ0v) is 18.9. The number of nitrogens with zero attached hydrogens (tertiary/aromatic N) is 1. The Hall–Kier alpha value is -2.61. The molecular weight excluding hydrogens is 443 g/mol. The van der Waals surface area contributed by atoms with Gasteiger partial charge in [0.05, 0.1) is 12.1 Å². The van der Waals surface area contributed by atoms with Crippen LogP contribution >= 0.6 is 23.2 Å². The van der Waals surface area contributed by atoms with E-state index in [2.05, 4.69) is 0 Å². The fourth-order valence-electron chi connectivity index (χ4n) is 3.30. The van der Waals surface area contributed by atoms with Crippen LogP contribution in [0.2, 0.25) is 10.0 Å². The molecule has 7 nitrogen and oxygen atoms in total. The number of ether oxygens (including phenoxy) is 1. The average Bonchev–Trinajstić information content (AvgIpc) is 2.76. The monoisotopic (exact) mass is 466 g/mol. The standard InChI is InChI=1S/C20H20Cl2N2O3.C2H4O2/c1-11(2)24-16-8-7-12(21)9-14(16)19(13-5-3-4-6-15(13)22)27-17(20(24)26)10-18(23)25;1-2(3)4/h3-9,11,17,19H,10H2,1-2H3,(H2,23,25);1H3,(H,3,4). The number of aliphatic carboxylic acids is 1. The second-order valence-corrected chi connectivity index (χ2v) is 8.06. The molecule has 0 aliphatic carbocycles. The molecule has 1 aliphatic rings. The van der Waals surface area contributed by atoms with E-state index in [-0.39, 0.29) is 18.4 Å². The molecule has 2 aromatic rings. The zero-order valence-electron chi connectivity index (χ0n) is 17.3. The third-order valence-corrected chi connectivity index (χ3v) is 5.01. The summed E-state index contributed by atoms with van der Waals surface area (Å²) in [4.78, 5) is 35.3. The van der Waals surface area contributed by atoms with E-state index in [1.54, 1.807) is 29.2 Å². The van der Waals surface area contributed by atoms with Crippen molar-refractivity contribution in [1.29, 1.82) is 0 Å². The highest BCUT2D eigenvalue weighted by molar-refractivity contribution is 6.31. The Morgan fingerprint density at radius 1 is 1.16 bits per heavy atom. The number of rotatable bonds is 4. The summed E-state index contributed by atoms with van der Waals surface area (Å²) in [5.41, 5.74) is 7.44. The first-order chi connectivity index (χ1) is 14.5. The minimum Gasteiger partial charge on any atom is -0.481 e. The van der Waals surface area contributed by atoms with E-state index >= 15 is 0 Å². The molecule has 2 aromatic carbocycles. The summed E-state index contributed by atoms with van der Waals surface area (Å²) < 4.78 is 6.13. The Labute approximate surface area is 190 Å². The van der Waals surface area contributed by atoms with Gasteiger partial charge in [-0.25, -0.2) is 0 Å². The summed E-state index contributed by atoms with van der Waals surface area (Å²) in [6.07, 6.45) is -1.90. The first-order valence-electron chi connectivity index (χ1n) is 9.53. The van der Waals surface area contributed by atoms with Crippen molar-refractivity contribution in [3.8, 4) is 0 Å². The SMILES string of the molecule is CC(=O)O.CC(C)N1C(=O)C(CC(N)=O)OC(c2ccccc2Cl)c2cc(Cl)ccc21. The molecule has 0 aromatic heterocycles. The number of amides is 2. The predicted molar refractivity (Wildman–Crippen MR) is 119 cm³/mol. The number of benzene rings is 2. The highest BCUT2D eigenvalue weighted by atomic mass is 35.5. The molecule has 0 bridgehead atoms.